The van der Waals surface area contributed by atoms with Crippen molar-refractivity contribution in [2.45, 2.75) is 0 Å². The largest absolute Gasteiger partial charge is 0.455 e. The van der Waals surface area contributed by atoms with Crippen LogP contribution in [0.2, 0.25) is 0 Å². The van der Waals surface area contributed by atoms with Gasteiger partial charge >= 0.3 is 0 Å². The zero-order chi connectivity index (χ0) is 20.3. The Hall–Kier alpha value is -4.54. The highest BCUT2D eigenvalue weighted by molar-refractivity contribution is 6.04. The van der Waals surface area contributed by atoms with Crippen molar-refractivity contribution in [3.8, 4) is 22.6 Å². The van der Waals surface area contributed by atoms with E-state index in [1.165, 1.54) is 0 Å². The maximum Gasteiger partial charge on any atom is 0.262 e. The molecule has 9 N–H and O–H groups in total. The van der Waals surface area contributed by atoms with Crippen molar-refractivity contribution in [3.63, 3.8) is 0 Å². The molecule has 0 unspecified atom stereocenters. The first-order valence-corrected chi connectivity index (χ1v) is 8.48. The van der Waals surface area contributed by atoms with Crippen molar-refractivity contribution in [2.24, 2.45) is 0 Å². The highest BCUT2D eigenvalue weighted by atomic mass is 16.3. The summed E-state index contributed by atoms with van der Waals surface area (Å²) in [6.45, 7) is 0. The van der Waals surface area contributed by atoms with Crippen LogP contribution in [0.15, 0.2) is 44.3 Å². The van der Waals surface area contributed by atoms with Crippen LogP contribution in [0, 0.1) is 0 Å². The molecule has 4 heterocycles. The molecule has 5 rings (SSSR count). The van der Waals surface area contributed by atoms with Gasteiger partial charge in [-0.1, -0.05) is 18.2 Å². The molecule has 5 aromatic rings. The molecule has 0 spiro atoms. The van der Waals surface area contributed by atoms with Crippen LogP contribution in [0.1, 0.15) is 0 Å². The number of benzene rings is 1. The van der Waals surface area contributed by atoms with Crippen LogP contribution >= 0.6 is 0 Å². The van der Waals surface area contributed by atoms with Crippen molar-refractivity contribution >= 4 is 39.7 Å². The van der Waals surface area contributed by atoms with Gasteiger partial charge in [-0.15, -0.1) is 0 Å². The Morgan fingerprint density at radius 2 is 1.59 bits per heavy atom. The van der Waals surface area contributed by atoms with Gasteiger partial charge in [-0.05, 0) is 12.1 Å². The zero-order valence-corrected chi connectivity index (χ0v) is 14.7. The lowest BCUT2D eigenvalue weighted by Crippen LogP contribution is -2.18. The molecule has 0 aliphatic heterocycles. The smallest absolute Gasteiger partial charge is 0.262 e. The molecule has 11 heteroatoms. The summed E-state index contributed by atoms with van der Waals surface area (Å²) in [5.41, 5.74) is 17.4. The van der Waals surface area contributed by atoms with Crippen LogP contribution < -0.4 is 28.3 Å². The molecule has 0 amide bonds. The van der Waals surface area contributed by atoms with E-state index in [0.717, 1.165) is 5.39 Å². The summed E-state index contributed by atoms with van der Waals surface area (Å²) < 4.78 is 5.92. The number of nitrogens with two attached hydrogens (primary N) is 3. The van der Waals surface area contributed by atoms with E-state index in [0.29, 0.717) is 17.0 Å². The summed E-state index contributed by atoms with van der Waals surface area (Å²) in [4.78, 5) is 41.2. The monoisotopic (exact) mass is 390 g/mol. The quantitative estimate of drug-likeness (QED) is 0.258. The van der Waals surface area contributed by atoms with Gasteiger partial charge in [0, 0.05) is 10.9 Å². The minimum absolute atomic E-state index is 0.0297. The fourth-order valence-electron chi connectivity index (χ4n) is 3.41. The predicted molar refractivity (Wildman–Crippen MR) is 109 cm³/mol. The number of hydrogen-bond acceptors (Lipinski definition) is 8. The Bertz CT molecular complexity index is 1510. The molecule has 0 aliphatic carbocycles. The van der Waals surface area contributed by atoms with E-state index in [4.69, 9.17) is 21.6 Å². The van der Waals surface area contributed by atoms with Crippen LogP contribution in [0.5, 0.6) is 0 Å². The van der Waals surface area contributed by atoms with Gasteiger partial charge in [0.1, 0.15) is 17.0 Å². The van der Waals surface area contributed by atoms with E-state index < -0.39 is 11.1 Å². The summed E-state index contributed by atoms with van der Waals surface area (Å²) in [5.74, 6) is 0.0231. The number of anilines is 3. The van der Waals surface area contributed by atoms with Crippen molar-refractivity contribution in [2.75, 3.05) is 17.2 Å². The van der Waals surface area contributed by atoms with Crippen molar-refractivity contribution in [3.05, 3.63) is 51.0 Å². The summed E-state index contributed by atoms with van der Waals surface area (Å²) in [7, 11) is 0. The van der Waals surface area contributed by atoms with Gasteiger partial charge in [0.2, 0.25) is 11.9 Å². The van der Waals surface area contributed by atoms with Gasteiger partial charge in [0.25, 0.3) is 11.1 Å². The number of hydrogen-bond donors (Lipinski definition) is 6. The number of furan rings is 1. The van der Waals surface area contributed by atoms with Crippen LogP contribution in [0.25, 0.3) is 44.6 Å². The first kappa shape index (κ1) is 16.6. The summed E-state index contributed by atoms with van der Waals surface area (Å²) in [5, 5.41) is 0.934. The maximum absolute atomic E-state index is 12.7. The van der Waals surface area contributed by atoms with Crippen molar-refractivity contribution in [1.82, 2.24) is 24.9 Å². The molecule has 4 aromatic heterocycles. The van der Waals surface area contributed by atoms with E-state index in [1.54, 1.807) is 12.1 Å². The summed E-state index contributed by atoms with van der Waals surface area (Å²) >= 11 is 0. The second kappa shape index (κ2) is 5.73. The minimum Gasteiger partial charge on any atom is -0.455 e. The molecule has 1 aromatic carbocycles. The number of nitrogen functional groups attached to an aromatic ring is 3. The number of aromatic nitrogens is 5. The third-order valence-corrected chi connectivity index (χ3v) is 4.57. The number of nitrogens with zero attached hydrogens (tertiary/aromatic N) is 2. The molecule has 0 saturated carbocycles. The number of H-pyrrole nitrogens is 3. The molecule has 0 bridgehead atoms. The fraction of sp³-hybridized carbons (Fsp3) is 0. The Balaban J connectivity index is 1.95. The van der Waals surface area contributed by atoms with Gasteiger partial charge in [0.15, 0.2) is 5.76 Å². The second-order valence-electron chi connectivity index (χ2n) is 6.41. The maximum atomic E-state index is 12.7. The molecule has 0 atom stereocenters. The van der Waals surface area contributed by atoms with E-state index in [2.05, 4.69) is 24.9 Å². The predicted octanol–water partition coefficient (Wildman–Crippen LogP) is 1.16. The lowest BCUT2D eigenvalue weighted by molar-refractivity contribution is 0.629. The van der Waals surface area contributed by atoms with Crippen LogP contribution in [0.4, 0.5) is 17.7 Å². The molecule has 0 radical (unpaired) electrons. The zero-order valence-electron chi connectivity index (χ0n) is 14.7. The number of nitrogens with one attached hydrogen (secondary N) is 3. The average Bonchev–Trinajstić information content (AvgIpc) is 3.22. The van der Waals surface area contributed by atoms with E-state index in [9.17, 15) is 9.59 Å². The summed E-state index contributed by atoms with van der Waals surface area (Å²) in [6.07, 6.45) is 0. The average molecular weight is 390 g/mol. The molecular weight excluding hydrogens is 376 g/mol. The van der Waals surface area contributed by atoms with Crippen molar-refractivity contribution < 1.29 is 4.42 Å². The molecule has 0 saturated heterocycles. The Morgan fingerprint density at radius 1 is 0.862 bits per heavy atom. The minimum atomic E-state index is -0.607. The second-order valence-corrected chi connectivity index (χ2v) is 6.41. The van der Waals surface area contributed by atoms with Gasteiger partial charge in [-0.3, -0.25) is 19.6 Å². The normalized spacial score (nSPS) is 11.4. The number of fused-ring (bicyclic) bond motifs is 2. The van der Waals surface area contributed by atoms with E-state index in [-0.39, 0.29) is 39.9 Å². The van der Waals surface area contributed by atoms with Crippen LogP contribution in [0.3, 0.4) is 0 Å². The van der Waals surface area contributed by atoms with Crippen LogP contribution in [-0.2, 0) is 0 Å². The number of aromatic amines is 3. The lowest BCUT2D eigenvalue weighted by atomic mass is 10.0. The van der Waals surface area contributed by atoms with Crippen molar-refractivity contribution in [1.29, 1.82) is 0 Å². The van der Waals surface area contributed by atoms with E-state index in [1.807, 2.05) is 18.2 Å². The van der Waals surface area contributed by atoms with Crippen LogP contribution in [-0.4, -0.2) is 24.9 Å². The molecule has 29 heavy (non-hydrogen) atoms. The molecule has 144 valence electrons. The van der Waals surface area contributed by atoms with Gasteiger partial charge in [0.05, 0.1) is 16.6 Å². The third kappa shape index (κ3) is 2.45. The molecule has 0 fully saturated rings. The van der Waals surface area contributed by atoms with Gasteiger partial charge < -0.3 is 26.6 Å². The Kier molecular flexibility index (Phi) is 3.28. The first-order valence-electron chi connectivity index (χ1n) is 8.48. The molecule has 0 aliphatic rings. The Labute approximate surface area is 160 Å². The molecule has 11 nitrogen and oxygen atoms in total. The summed E-state index contributed by atoms with van der Waals surface area (Å²) in [6, 6.07) is 9.15. The van der Waals surface area contributed by atoms with Gasteiger partial charge in [-0.25, -0.2) is 0 Å². The molecular formula is C18H14N8O3. The van der Waals surface area contributed by atoms with E-state index >= 15 is 0 Å². The SMILES string of the molecule is Nc1nc(N)c(-c2c(-c3cc4ccccc4o3)[nH]c3nc(N)[nH]c(=O)c23)c(=O)[nH]1. The lowest BCUT2D eigenvalue weighted by Gasteiger charge is -2.06. The number of para-hydroxylation sites is 1. The van der Waals surface area contributed by atoms with Gasteiger partial charge in [-0.2, -0.15) is 9.97 Å². The highest BCUT2D eigenvalue weighted by Crippen LogP contribution is 2.38. The third-order valence-electron chi connectivity index (χ3n) is 4.57. The number of rotatable bonds is 2. The first-order chi connectivity index (χ1) is 13.9. The topological polar surface area (TPSA) is 198 Å². The Morgan fingerprint density at radius 3 is 2.34 bits per heavy atom. The fourth-order valence-corrected chi connectivity index (χ4v) is 3.41. The standard InChI is InChI=1S/C18H14N8O3/c19-13-10(15(27)25-17(20)23-13)9-11-14(24-18(21)26-16(11)28)22-12(9)8-5-6-3-1-2-4-7(6)29-8/h1-5H,(H5,19,20,23,25,27)(H4,21,22,24,26,28). The highest BCUT2D eigenvalue weighted by Gasteiger charge is 2.25.